The van der Waals surface area contributed by atoms with Crippen molar-refractivity contribution < 1.29 is 22.7 Å². The molecule has 6 rings (SSSR count). The molecule has 45 heavy (non-hydrogen) atoms. The molecule has 0 radical (unpaired) electrons. The Kier molecular flexibility index (Phi) is 7.93. The fraction of sp³-hybridized carbons (Fsp3) is 0.485. The third kappa shape index (κ3) is 6.05. The molecule has 2 aromatic heterocycles. The molecule has 0 aliphatic carbocycles. The summed E-state index contributed by atoms with van der Waals surface area (Å²) in [7, 11) is -3.56. The monoisotopic (exact) mass is 634 g/mol. The number of carbonyl (C=O) groups excluding carboxylic acids is 2. The van der Waals surface area contributed by atoms with Crippen molar-refractivity contribution in [1.29, 1.82) is 0 Å². The summed E-state index contributed by atoms with van der Waals surface area (Å²) in [5.74, 6) is -0.189. The smallest absolute Gasteiger partial charge is 0.410 e. The van der Waals surface area contributed by atoms with Crippen LogP contribution in [0, 0.1) is 13.8 Å². The van der Waals surface area contributed by atoms with Gasteiger partial charge in [-0.05, 0) is 95.8 Å². The van der Waals surface area contributed by atoms with Crippen molar-refractivity contribution in [2.75, 3.05) is 31.5 Å². The first-order valence-electron chi connectivity index (χ1n) is 15.6. The lowest BCUT2D eigenvalue weighted by atomic mass is 10.1. The van der Waals surface area contributed by atoms with E-state index < -0.39 is 21.7 Å². The maximum absolute atomic E-state index is 13.5. The van der Waals surface area contributed by atoms with Gasteiger partial charge in [-0.25, -0.2) is 13.2 Å². The van der Waals surface area contributed by atoms with Gasteiger partial charge in [-0.1, -0.05) is 6.42 Å². The van der Waals surface area contributed by atoms with Gasteiger partial charge in [0.1, 0.15) is 11.6 Å². The number of carbonyl (C=O) groups is 2. The van der Waals surface area contributed by atoms with Crippen molar-refractivity contribution in [3.8, 4) is 0 Å². The number of hydrogen-bond acceptors (Lipinski definition) is 6. The van der Waals surface area contributed by atoms with Crippen LogP contribution in [0.25, 0.3) is 21.8 Å². The maximum atomic E-state index is 13.5. The number of sulfonamides is 1. The van der Waals surface area contributed by atoms with Crippen molar-refractivity contribution in [1.82, 2.24) is 23.6 Å². The van der Waals surface area contributed by atoms with Crippen molar-refractivity contribution in [3.05, 3.63) is 53.9 Å². The molecule has 1 N–H and O–H groups in total. The number of likely N-dealkylation sites (tertiary alicyclic amines) is 1. The van der Waals surface area contributed by atoms with Gasteiger partial charge in [-0.3, -0.25) is 9.48 Å². The van der Waals surface area contributed by atoms with Crippen LogP contribution in [0.1, 0.15) is 70.2 Å². The van der Waals surface area contributed by atoms with Crippen LogP contribution in [-0.4, -0.2) is 75.8 Å². The van der Waals surface area contributed by atoms with Gasteiger partial charge in [0, 0.05) is 60.5 Å². The molecule has 12 heteroatoms. The summed E-state index contributed by atoms with van der Waals surface area (Å²) < 4.78 is 37.4. The van der Waals surface area contributed by atoms with E-state index in [0.29, 0.717) is 31.9 Å². The van der Waals surface area contributed by atoms with Gasteiger partial charge < -0.3 is 19.5 Å². The number of fused-ring (bicyclic) bond motifs is 2. The van der Waals surface area contributed by atoms with Crippen LogP contribution >= 0.6 is 0 Å². The van der Waals surface area contributed by atoms with Crippen LogP contribution < -0.4 is 5.32 Å². The molecule has 1 unspecified atom stereocenters. The average molecular weight is 635 g/mol. The van der Waals surface area contributed by atoms with Crippen LogP contribution in [0.3, 0.4) is 0 Å². The maximum Gasteiger partial charge on any atom is 0.410 e. The van der Waals surface area contributed by atoms with Crippen molar-refractivity contribution in [3.63, 3.8) is 0 Å². The van der Waals surface area contributed by atoms with E-state index in [1.54, 1.807) is 27.4 Å². The molecule has 4 heterocycles. The lowest BCUT2D eigenvalue weighted by Gasteiger charge is -2.39. The van der Waals surface area contributed by atoms with Gasteiger partial charge >= 0.3 is 6.09 Å². The second-order valence-electron chi connectivity index (χ2n) is 13.4. The van der Waals surface area contributed by atoms with E-state index >= 15 is 0 Å². The van der Waals surface area contributed by atoms with Crippen LogP contribution in [0.5, 0.6) is 0 Å². The number of aromatic nitrogens is 3. The summed E-state index contributed by atoms with van der Waals surface area (Å²) in [4.78, 5) is 27.8. The number of nitrogens with zero attached hydrogens (tertiary/aromatic N) is 5. The summed E-state index contributed by atoms with van der Waals surface area (Å²) in [5, 5.41) is 9.60. The quantitative estimate of drug-likeness (QED) is 0.288. The second-order valence-corrected chi connectivity index (χ2v) is 15.3. The first kappa shape index (κ1) is 31.1. The Labute approximate surface area is 264 Å². The molecular weight excluding hydrogens is 592 g/mol. The Balaban J connectivity index is 1.17. The highest BCUT2D eigenvalue weighted by Gasteiger charge is 2.35. The zero-order valence-corrected chi connectivity index (χ0v) is 27.6. The number of ether oxygens (including phenoxy) is 1. The van der Waals surface area contributed by atoms with E-state index in [9.17, 15) is 18.0 Å². The van der Waals surface area contributed by atoms with E-state index in [1.165, 1.54) is 0 Å². The first-order valence-corrected chi connectivity index (χ1v) is 17.0. The Hall–Kier alpha value is -3.90. The number of hydrogen-bond donors (Lipinski definition) is 1. The number of piperidine rings is 1. The minimum absolute atomic E-state index is 0.0592. The van der Waals surface area contributed by atoms with E-state index in [2.05, 4.69) is 5.32 Å². The number of benzene rings is 2. The number of anilines is 1. The third-order valence-electron chi connectivity index (χ3n) is 8.77. The van der Waals surface area contributed by atoms with Crippen LogP contribution in [-0.2, 0) is 19.6 Å². The molecule has 2 aliphatic rings. The largest absolute Gasteiger partial charge is 0.444 e. The van der Waals surface area contributed by atoms with Crippen molar-refractivity contribution in [2.45, 2.75) is 83.4 Å². The fourth-order valence-electron chi connectivity index (χ4n) is 6.13. The molecule has 240 valence electrons. The number of aryl methyl sites for hydroxylation is 2. The molecule has 2 aromatic carbocycles. The van der Waals surface area contributed by atoms with Crippen molar-refractivity contribution >= 4 is 49.5 Å². The third-order valence-corrected chi connectivity index (χ3v) is 10.7. The summed E-state index contributed by atoms with van der Waals surface area (Å²) in [6.07, 6.45) is 6.38. The van der Waals surface area contributed by atoms with E-state index in [-0.39, 0.29) is 22.9 Å². The zero-order valence-electron chi connectivity index (χ0n) is 26.8. The average Bonchev–Trinajstić information content (AvgIpc) is 3.51. The van der Waals surface area contributed by atoms with Gasteiger partial charge in [0.25, 0.3) is 0 Å². The zero-order chi connectivity index (χ0) is 32.3. The topological polar surface area (TPSA) is 119 Å². The Morgan fingerprint density at radius 3 is 2.40 bits per heavy atom. The van der Waals surface area contributed by atoms with Crippen LogP contribution in [0.4, 0.5) is 10.5 Å². The highest BCUT2D eigenvalue weighted by molar-refractivity contribution is 7.89. The molecule has 0 spiro atoms. The minimum atomic E-state index is -3.56. The van der Waals surface area contributed by atoms with Gasteiger partial charge in [-0.15, -0.1) is 0 Å². The summed E-state index contributed by atoms with van der Waals surface area (Å²) in [6, 6.07) is 8.58. The standard InChI is InChI=1S/C33H42N6O5S/c1-21-14-24-18-39(25-19-36(20-25)32(41)44-33(4,5)6)35-29(24)16-28(21)34-31(40)23(3)38-17-22(2)27-15-26(10-11-30(27)38)45(42,43)37-12-8-7-9-13-37/h10-11,14-18,23,25H,7-9,12-13,19-20H2,1-6H3,(H,34,40). The molecule has 2 amide bonds. The van der Waals surface area contributed by atoms with E-state index in [4.69, 9.17) is 9.84 Å². The van der Waals surface area contributed by atoms with E-state index in [0.717, 1.165) is 52.2 Å². The highest BCUT2D eigenvalue weighted by Crippen LogP contribution is 2.31. The molecule has 1 atom stereocenters. The van der Waals surface area contributed by atoms with Gasteiger partial charge in [0.2, 0.25) is 15.9 Å². The Bertz CT molecular complexity index is 1890. The summed E-state index contributed by atoms with van der Waals surface area (Å²) in [6.45, 7) is 13.4. The number of amides is 2. The molecule has 4 aromatic rings. The highest BCUT2D eigenvalue weighted by atomic mass is 32.2. The molecule has 0 bridgehead atoms. The van der Waals surface area contributed by atoms with Crippen LogP contribution in [0.15, 0.2) is 47.6 Å². The summed E-state index contributed by atoms with van der Waals surface area (Å²) in [5.41, 5.74) is 3.52. The predicted molar refractivity (Wildman–Crippen MR) is 174 cm³/mol. The normalized spacial score (nSPS) is 17.4. The fourth-order valence-corrected chi connectivity index (χ4v) is 7.67. The van der Waals surface area contributed by atoms with Crippen molar-refractivity contribution in [2.24, 2.45) is 0 Å². The SMILES string of the molecule is Cc1cc2cn(C3CN(C(=O)OC(C)(C)C)C3)nc2cc1NC(=O)C(C)n1cc(C)c2cc(S(=O)(=O)N3CCCCC3)ccc21. The van der Waals surface area contributed by atoms with E-state index in [1.807, 2.05) is 75.3 Å². The molecule has 0 saturated carbocycles. The first-order chi connectivity index (χ1) is 21.2. The Morgan fingerprint density at radius 2 is 1.71 bits per heavy atom. The van der Waals surface area contributed by atoms with Crippen LogP contribution in [0.2, 0.25) is 0 Å². The molecule has 2 fully saturated rings. The second kappa shape index (κ2) is 11.5. The van der Waals surface area contributed by atoms with Gasteiger partial charge in [-0.2, -0.15) is 9.40 Å². The van der Waals surface area contributed by atoms with Gasteiger partial charge in [0.05, 0.1) is 16.5 Å². The molecule has 2 aliphatic heterocycles. The lowest BCUT2D eigenvalue weighted by molar-refractivity contribution is -0.118. The summed E-state index contributed by atoms with van der Waals surface area (Å²) >= 11 is 0. The molecule has 11 nitrogen and oxygen atoms in total. The lowest BCUT2D eigenvalue weighted by Crippen LogP contribution is -2.52. The van der Waals surface area contributed by atoms with Gasteiger partial charge in [0.15, 0.2) is 0 Å². The minimum Gasteiger partial charge on any atom is -0.444 e. The Morgan fingerprint density at radius 1 is 1.00 bits per heavy atom. The predicted octanol–water partition coefficient (Wildman–Crippen LogP) is 5.77. The number of nitrogens with one attached hydrogen (secondary N) is 1. The molecular formula is C33H42N6O5S. The molecule has 2 saturated heterocycles. The number of rotatable bonds is 6.